The predicted octanol–water partition coefficient (Wildman–Crippen LogP) is 4.42. The van der Waals surface area contributed by atoms with E-state index in [1.54, 1.807) is 11.2 Å². The van der Waals surface area contributed by atoms with Crippen LogP contribution in [0.1, 0.15) is 49.0 Å². The Kier molecular flexibility index (Phi) is 4.67. The molecule has 1 amide bonds. The first kappa shape index (κ1) is 17.3. The molecule has 136 valence electrons. The molecule has 1 aliphatic heterocycles. The normalized spacial score (nSPS) is 16.6. The molecule has 0 aliphatic carbocycles. The summed E-state index contributed by atoms with van der Waals surface area (Å²) in [4.78, 5) is 22.0. The highest BCUT2D eigenvalue weighted by molar-refractivity contribution is 6.04. The van der Waals surface area contributed by atoms with Crippen LogP contribution in [0.15, 0.2) is 59.8 Å². The summed E-state index contributed by atoms with van der Waals surface area (Å²) in [6, 6.07) is 15.7. The third-order valence-electron chi connectivity index (χ3n) is 4.89. The second-order valence-corrected chi connectivity index (χ2v) is 6.85. The van der Waals surface area contributed by atoms with Crippen LogP contribution in [0.25, 0.3) is 11.0 Å². The molecular formula is C22H22N4O. The number of aryl methyl sites for hydroxylation is 1. The highest BCUT2D eigenvalue weighted by Gasteiger charge is 2.34. The van der Waals surface area contributed by atoms with E-state index in [0.29, 0.717) is 12.8 Å². The highest BCUT2D eigenvalue weighted by atomic mass is 16.2. The maximum atomic E-state index is 12.7. The maximum absolute atomic E-state index is 12.7. The Morgan fingerprint density at radius 2 is 1.85 bits per heavy atom. The van der Waals surface area contributed by atoms with Crippen LogP contribution >= 0.6 is 0 Å². The molecule has 0 N–H and O–H groups in total. The molecule has 4 rings (SSSR count). The number of hydrogen-bond acceptors (Lipinski definition) is 4. The molecule has 27 heavy (non-hydrogen) atoms. The summed E-state index contributed by atoms with van der Waals surface area (Å²) in [6.45, 7) is 4.07. The van der Waals surface area contributed by atoms with Crippen molar-refractivity contribution in [3.63, 3.8) is 0 Å². The zero-order valence-electron chi connectivity index (χ0n) is 15.6. The zero-order chi connectivity index (χ0) is 18.8. The van der Waals surface area contributed by atoms with E-state index >= 15 is 0 Å². The molecule has 0 spiro atoms. The van der Waals surface area contributed by atoms with Gasteiger partial charge in [-0.3, -0.25) is 9.78 Å². The number of carbonyl (C=O) groups is 1. The number of hydrazone groups is 1. The molecule has 0 fully saturated rings. The van der Waals surface area contributed by atoms with Gasteiger partial charge in [0.1, 0.15) is 6.04 Å². The summed E-state index contributed by atoms with van der Waals surface area (Å²) in [5, 5.41) is 6.32. The summed E-state index contributed by atoms with van der Waals surface area (Å²) in [7, 11) is 0. The lowest BCUT2D eigenvalue weighted by molar-refractivity contribution is -0.133. The van der Waals surface area contributed by atoms with Gasteiger partial charge < -0.3 is 0 Å². The Labute approximate surface area is 158 Å². The smallest absolute Gasteiger partial charge is 0.243 e. The molecule has 0 saturated heterocycles. The zero-order valence-corrected chi connectivity index (χ0v) is 15.6. The Bertz CT molecular complexity index is 1030. The van der Waals surface area contributed by atoms with Gasteiger partial charge in [0.05, 0.1) is 28.6 Å². The first-order chi connectivity index (χ1) is 13.2. The fourth-order valence-corrected chi connectivity index (χ4v) is 3.49. The van der Waals surface area contributed by atoms with Crippen LogP contribution in [-0.2, 0) is 4.79 Å². The maximum Gasteiger partial charge on any atom is 0.243 e. The average molecular weight is 358 g/mol. The topological polar surface area (TPSA) is 58.5 Å². The van der Waals surface area contributed by atoms with Gasteiger partial charge in [-0.1, -0.05) is 43.3 Å². The minimum Gasteiger partial charge on any atom is -0.273 e. The van der Waals surface area contributed by atoms with Gasteiger partial charge in [-0.25, -0.2) is 9.99 Å². The summed E-state index contributed by atoms with van der Waals surface area (Å²) in [5.74, 6) is 0.0287. The van der Waals surface area contributed by atoms with Crippen molar-refractivity contribution in [1.82, 2.24) is 15.0 Å². The van der Waals surface area contributed by atoms with Crippen molar-refractivity contribution < 1.29 is 4.79 Å². The molecule has 2 aromatic carbocycles. The van der Waals surface area contributed by atoms with Gasteiger partial charge in [0, 0.05) is 18.4 Å². The second kappa shape index (κ2) is 7.27. The Morgan fingerprint density at radius 1 is 1.11 bits per heavy atom. The van der Waals surface area contributed by atoms with Gasteiger partial charge >= 0.3 is 0 Å². The van der Waals surface area contributed by atoms with Gasteiger partial charge in [0.2, 0.25) is 5.91 Å². The molecular weight excluding hydrogens is 336 g/mol. The molecule has 1 aromatic heterocycles. The number of para-hydroxylation sites is 2. The highest BCUT2D eigenvalue weighted by Crippen LogP contribution is 2.33. The van der Waals surface area contributed by atoms with Gasteiger partial charge in [-0.15, -0.1) is 0 Å². The third kappa shape index (κ3) is 3.33. The Hall–Kier alpha value is -3.08. The molecule has 3 aromatic rings. The van der Waals surface area contributed by atoms with E-state index in [-0.39, 0.29) is 11.9 Å². The quantitative estimate of drug-likeness (QED) is 0.694. The lowest BCUT2D eigenvalue weighted by atomic mass is 9.98. The van der Waals surface area contributed by atoms with Gasteiger partial charge in [-0.05, 0) is 31.0 Å². The van der Waals surface area contributed by atoms with Gasteiger partial charge in [-0.2, -0.15) is 5.10 Å². The monoisotopic (exact) mass is 358 g/mol. The molecule has 1 atom stereocenters. The van der Waals surface area contributed by atoms with Crippen molar-refractivity contribution in [3.8, 4) is 0 Å². The molecule has 0 saturated carbocycles. The van der Waals surface area contributed by atoms with Crippen LogP contribution in [0.3, 0.4) is 0 Å². The number of nitrogens with zero attached hydrogens (tertiary/aromatic N) is 4. The number of amides is 1. The first-order valence-electron chi connectivity index (χ1n) is 9.34. The van der Waals surface area contributed by atoms with Crippen LogP contribution < -0.4 is 0 Å². The molecule has 1 aliphatic rings. The molecule has 0 radical (unpaired) electrons. The molecule has 2 heterocycles. The first-order valence-corrected chi connectivity index (χ1v) is 9.34. The van der Waals surface area contributed by atoms with E-state index in [1.165, 1.54) is 0 Å². The van der Waals surface area contributed by atoms with Crippen LogP contribution in [0, 0.1) is 6.92 Å². The summed E-state index contributed by atoms with van der Waals surface area (Å²) >= 11 is 0. The van der Waals surface area contributed by atoms with E-state index in [9.17, 15) is 4.79 Å². The van der Waals surface area contributed by atoms with Crippen molar-refractivity contribution in [3.05, 3.63) is 71.5 Å². The minimum absolute atomic E-state index is 0.0287. The summed E-state index contributed by atoms with van der Waals surface area (Å²) in [5.41, 5.74) is 5.64. The number of benzene rings is 2. The van der Waals surface area contributed by atoms with Crippen molar-refractivity contribution >= 4 is 22.7 Å². The van der Waals surface area contributed by atoms with Crippen molar-refractivity contribution in [2.75, 3.05) is 0 Å². The van der Waals surface area contributed by atoms with E-state index in [2.05, 4.69) is 24.0 Å². The predicted molar refractivity (Wildman–Crippen MR) is 106 cm³/mol. The SMILES string of the molecule is CCCC(=O)N1N=C(c2ccccc2C)C[C@H]1c1cnc2ccccc2n1. The number of rotatable bonds is 4. The molecule has 0 unspecified atom stereocenters. The molecule has 5 nitrogen and oxygen atoms in total. The van der Waals surface area contributed by atoms with Gasteiger partial charge in [0.25, 0.3) is 0 Å². The standard InChI is InChI=1S/C22H22N4O/c1-3-8-22(27)26-21(13-19(25-26)16-10-5-4-9-15(16)2)20-14-23-17-11-6-7-12-18(17)24-20/h4-7,9-12,14,21H,3,8,13H2,1-2H3/t21-/m0/s1. The summed E-state index contributed by atoms with van der Waals surface area (Å²) in [6.07, 6.45) is 3.69. The van der Waals surface area contributed by atoms with Crippen LogP contribution in [0.2, 0.25) is 0 Å². The fraction of sp³-hybridized carbons (Fsp3) is 0.273. The third-order valence-corrected chi connectivity index (χ3v) is 4.89. The van der Waals surface area contributed by atoms with Crippen molar-refractivity contribution in [2.24, 2.45) is 5.10 Å². The minimum atomic E-state index is -0.212. The molecule has 5 heteroatoms. The summed E-state index contributed by atoms with van der Waals surface area (Å²) < 4.78 is 0. The second-order valence-electron chi connectivity index (χ2n) is 6.85. The number of carbonyl (C=O) groups excluding carboxylic acids is 1. The number of aromatic nitrogens is 2. The van der Waals surface area contributed by atoms with Crippen LogP contribution in [0.4, 0.5) is 0 Å². The fourth-order valence-electron chi connectivity index (χ4n) is 3.49. The average Bonchev–Trinajstić information content (AvgIpc) is 3.13. The number of fused-ring (bicyclic) bond motifs is 1. The molecule has 0 bridgehead atoms. The van der Waals surface area contributed by atoms with E-state index in [4.69, 9.17) is 10.1 Å². The number of hydrogen-bond donors (Lipinski definition) is 0. The Morgan fingerprint density at radius 3 is 2.63 bits per heavy atom. The van der Waals surface area contributed by atoms with Gasteiger partial charge in [0.15, 0.2) is 0 Å². The van der Waals surface area contributed by atoms with E-state index in [0.717, 1.165) is 40.0 Å². The lowest BCUT2D eigenvalue weighted by Crippen LogP contribution is -2.27. The van der Waals surface area contributed by atoms with Crippen molar-refractivity contribution in [2.45, 2.75) is 39.2 Å². The van der Waals surface area contributed by atoms with Crippen molar-refractivity contribution in [1.29, 1.82) is 0 Å². The van der Waals surface area contributed by atoms with E-state index < -0.39 is 0 Å². The van der Waals surface area contributed by atoms with Crippen LogP contribution in [-0.4, -0.2) is 26.6 Å². The Balaban J connectivity index is 1.74. The lowest BCUT2D eigenvalue weighted by Gasteiger charge is -2.21. The van der Waals surface area contributed by atoms with E-state index in [1.807, 2.05) is 43.3 Å². The van der Waals surface area contributed by atoms with Crippen LogP contribution in [0.5, 0.6) is 0 Å². The largest absolute Gasteiger partial charge is 0.273 e.